The molecule has 0 aromatic heterocycles. The number of ether oxygens (including phenoxy) is 1. The SMILES string of the molecule is C=CCC(=O)O/C=C\c1ccccc1. The van der Waals surface area contributed by atoms with Crippen LogP contribution < -0.4 is 0 Å². The zero-order valence-electron chi connectivity index (χ0n) is 7.85. The van der Waals surface area contributed by atoms with Crippen LogP contribution in [-0.4, -0.2) is 5.97 Å². The Balaban J connectivity index is 2.42. The van der Waals surface area contributed by atoms with Crippen LogP contribution in [0.5, 0.6) is 0 Å². The molecule has 1 rings (SSSR count). The van der Waals surface area contributed by atoms with Crippen molar-refractivity contribution in [1.82, 2.24) is 0 Å². The van der Waals surface area contributed by atoms with E-state index in [9.17, 15) is 4.79 Å². The number of carbonyl (C=O) groups excluding carboxylic acids is 1. The molecule has 0 fully saturated rings. The molecule has 0 N–H and O–H groups in total. The van der Waals surface area contributed by atoms with Crippen LogP contribution in [-0.2, 0) is 9.53 Å². The summed E-state index contributed by atoms with van der Waals surface area (Å²) < 4.78 is 4.80. The van der Waals surface area contributed by atoms with Crippen molar-refractivity contribution in [3.8, 4) is 0 Å². The molecule has 0 spiro atoms. The van der Waals surface area contributed by atoms with E-state index in [4.69, 9.17) is 4.74 Å². The minimum atomic E-state index is -0.299. The first-order valence-electron chi connectivity index (χ1n) is 4.35. The van der Waals surface area contributed by atoms with Crippen molar-refractivity contribution in [3.63, 3.8) is 0 Å². The Morgan fingerprint density at radius 1 is 1.36 bits per heavy atom. The van der Waals surface area contributed by atoms with Gasteiger partial charge in [0.2, 0.25) is 0 Å². The summed E-state index contributed by atoms with van der Waals surface area (Å²) in [6, 6.07) is 9.63. The molecule has 0 atom stereocenters. The first-order valence-corrected chi connectivity index (χ1v) is 4.35. The Kier molecular flexibility index (Phi) is 4.21. The van der Waals surface area contributed by atoms with E-state index in [0.717, 1.165) is 5.56 Å². The van der Waals surface area contributed by atoms with Crippen LogP contribution >= 0.6 is 0 Å². The smallest absolute Gasteiger partial charge is 0.314 e. The Hall–Kier alpha value is -1.83. The summed E-state index contributed by atoms with van der Waals surface area (Å²) in [4.78, 5) is 10.9. The summed E-state index contributed by atoms with van der Waals surface area (Å²) in [6.45, 7) is 3.44. The molecule has 0 aliphatic rings. The molecule has 1 aromatic carbocycles. The van der Waals surface area contributed by atoms with E-state index in [-0.39, 0.29) is 12.4 Å². The van der Waals surface area contributed by atoms with Crippen LogP contribution in [0.2, 0.25) is 0 Å². The highest BCUT2D eigenvalue weighted by Crippen LogP contribution is 2.01. The second-order valence-corrected chi connectivity index (χ2v) is 2.70. The summed E-state index contributed by atoms with van der Waals surface area (Å²) in [5, 5.41) is 0. The van der Waals surface area contributed by atoms with Crippen molar-refractivity contribution in [2.45, 2.75) is 6.42 Å². The van der Waals surface area contributed by atoms with Crippen molar-refractivity contribution in [3.05, 3.63) is 54.8 Å². The van der Waals surface area contributed by atoms with Gasteiger partial charge in [0, 0.05) is 0 Å². The van der Waals surface area contributed by atoms with Crippen molar-refractivity contribution < 1.29 is 9.53 Å². The van der Waals surface area contributed by atoms with Gasteiger partial charge in [0.1, 0.15) is 0 Å². The lowest BCUT2D eigenvalue weighted by Gasteiger charge is -1.94. The van der Waals surface area contributed by atoms with Gasteiger partial charge in [-0.1, -0.05) is 36.4 Å². The van der Waals surface area contributed by atoms with Gasteiger partial charge in [0.05, 0.1) is 12.7 Å². The summed E-state index contributed by atoms with van der Waals surface area (Å²) in [6.07, 6.45) is 4.87. The number of hydrogen-bond acceptors (Lipinski definition) is 2. The van der Waals surface area contributed by atoms with Crippen LogP contribution in [0.4, 0.5) is 0 Å². The van der Waals surface area contributed by atoms with Crippen LogP contribution in [0.1, 0.15) is 12.0 Å². The highest BCUT2D eigenvalue weighted by Gasteiger charge is 1.94. The lowest BCUT2D eigenvalue weighted by atomic mass is 10.2. The van der Waals surface area contributed by atoms with Crippen molar-refractivity contribution in [1.29, 1.82) is 0 Å². The van der Waals surface area contributed by atoms with Crippen LogP contribution in [0.25, 0.3) is 6.08 Å². The standard InChI is InChI=1S/C12H12O2/c1-2-6-12(13)14-10-9-11-7-4-3-5-8-11/h2-5,7-10H,1,6H2/b10-9-. The highest BCUT2D eigenvalue weighted by atomic mass is 16.5. The van der Waals surface area contributed by atoms with E-state index in [1.54, 1.807) is 6.08 Å². The van der Waals surface area contributed by atoms with Crippen molar-refractivity contribution >= 4 is 12.0 Å². The molecule has 0 heterocycles. The van der Waals surface area contributed by atoms with Gasteiger partial charge >= 0.3 is 5.97 Å². The number of rotatable bonds is 4. The van der Waals surface area contributed by atoms with Crippen LogP contribution in [0.15, 0.2) is 49.2 Å². The largest absolute Gasteiger partial charge is 0.434 e. The fourth-order valence-electron chi connectivity index (χ4n) is 0.919. The molecular formula is C12H12O2. The normalized spacial score (nSPS) is 10.0. The van der Waals surface area contributed by atoms with Gasteiger partial charge in [0.25, 0.3) is 0 Å². The summed E-state index contributed by atoms with van der Waals surface area (Å²) in [7, 11) is 0. The molecule has 0 radical (unpaired) electrons. The van der Waals surface area contributed by atoms with E-state index in [1.807, 2.05) is 30.3 Å². The van der Waals surface area contributed by atoms with E-state index >= 15 is 0 Å². The second kappa shape index (κ2) is 5.75. The summed E-state index contributed by atoms with van der Waals surface area (Å²) >= 11 is 0. The fraction of sp³-hybridized carbons (Fsp3) is 0.0833. The molecule has 0 unspecified atom stereocenters. The van der Waals surface area contributed by atoms with Crippen molar-refractivity contribution in [2.24, 2.45) is 0 Å². The fourth-order valence-corrected chi connectivity index (χ4v) is 0.919. The van der Waals surface area contributed by atoms with Gasteiger partial charge in [-0.25, -0.2) is 0 Å². The Labute approximate surface area is 83.5 Å². The lowest BCUT2D eigenvalue weighted by molar-refractivity contribution is -0.136. The molecule has 0 bridgehead atoms. The Morgan fingerprint density at radius 2 is 2.07 bits per heavy atom. The predicted octanol–water partition coefficient (Wildman–Crippen LogP) is 2.78. The average Bonchev–Trinajstić information content (AvgIpc) is 2.20. The maximum atomic E-state index is 10.9. The number of hydrogen-bond donors (Lipinski definition) is 0. The maximum Gasteiger partial charge on any atom is 0.314 e. The molecule has 14 heavy (non-hydrogen) atoms. The third kappa shape index (κ3) is 3.72. The van der Waals surface area contributed by atoms with Crippen LogP contribution in [0, 0.1) is 0 Å². The average molecular weight is 188 g/mol. The first kappa shape index (κ1) is 10.3. The predicted molar refractivity (Wildman–Crippen MR) is 56.4 cm³/mol. The zero-order valence-corrected chi connectivity index (χ0v) is 7.85. The number of benzene rings is 1. The van der Waals surface area contributed by atoms with Gasteiger partial charge in [-0.3, -0.25) is 4.79 Å². The van der Waals surface area contributed by atoms with Gasteiger partial charge in [-0.05, 0) is 11.6 Å². The Morgan fingerprint density at radius 3 is 2.71 bits per heavy atom. The number of carbonyl (C=O) groups is 1. The third-order valence-corrected chi connectivity index (χ3v) is 1.57. The van der Waals surface area contributed by atoms with Gasteiger partial charge in [-0.2, -0.15) is 0 Å². The highest BCUT2D eigenvalue weighted by molar-refractivity contribution is 5.72. The van der Waals surface area contributed by atoms with Gasteiger partial charge in [-0.15, -0.1) is 6.58 Å². The van der Waals surface area contributed by atoms with E-state index in [0.29, 0.717) is 0 Å². The summed E-state index contributed by atoms with van der Waals surface area (Å²) in [5.74, 6) is -0.299. The quantitative estimate of drug-likeness (QED) is 0.412. The minimum Gasteiger partial charge on any atom is -0.434 e. The molecule has 0 aliphatic heterocycles. The van der Waals surface area contributed by atoms with Gasteiger partial charge < -0.3 is 4.74 Å². The molecule has 0 amide bonds. The molecule has 2 heteroatoms. The number of esters is 1. The molecular weight excluding hydrogens is 176 g/mol. The minimum absolute atomic E-state index is 0.235. The maximum absolute atomic E-state index is 10.9. The molecule has 0 saturated heterocycles. The van der Waals surface area contributed by atoms with Crippen molar-refractivity contribution in [2.75, 3.05) is 0 Å². The lowest BCUT2D eigenvalue weighted by Crippen LogP contribution is -1.95. The van der Waals surface area contributed by atoms with E-state index < -0.39 is 0 Å². The molecule has 0 aliphatic carbocycles. The van der Waals surface area contributed by atoms with E-state index in [1.165, 1.54) is 12.3 Å². The molecule has 0 saturated carbocycles. The Bertz CT molecular complexity index is 325. The molecule has 72 valence electrons. The summed E-state index contributed by atoms with van der Waals surface area (Å²) in [5.41, 5.74) is 0.999. The topological polar surface area (TPSA) is 26.3 Å². The first-order chi connectivity index (χ1) is 6.83. The second-order valence-electron chi connectivity index (χ2n) is 2.70. The molecule has 2 nitrogen and oxygen atoms in total. The van der Waals surface area contributed by atoms with E-state index in [2.05, 4.69) is 6.58 Å². The third-order valence-electron chi connectivity index (χ3n) is 1.57. The zero-order chi connectivity index (χ0) is 10.2. The van der Waals surface area contributed by atoms with Crippen LogP contribution in [0.3, 0.4) is 0 Å². The molecule has 1 aromatic rings. The monoisotopic (exact) mass is 188 g/mol. The van der Waals surface area contributed by atoms with Gasteiger partial charge in [0.15, 0.2) is 0 Å².